The predicted octanol–water partition coefficient (Wildman–Crippen LogP) is 8.09. The summed E-state index contributed by atoms with van der Waals surface area (Å²) < 4.78 is 47.5. The Morgan fingerprint density at radius 3 is 1.97 bits per heavy atom. The number of likely N-dealkylation sites (tertiary alicyclic amines) is 2. The molecule has 8 heterocycles. The number of ether oxygens (including phenoxy) is 5. The molecule has 2 saturated heterocycles. The fourth-order valence-corrected chi connectivity index (χ4v) is 11.0. The van der Waals surface area contributed by atoms with E-state index in [9.17, 15) is 19.2 Å². The summed E-state index contributed by atoms with van der Waals surface area (Å²) >= 11 is 1.44. The number of fused-ring (bicyclic) bond motifs is 6. The lowest BCUT2D eigenvalue weighted by Crippen LogP contribution is -2.51. The maximum atomic E-state index is 17.0. The second kappa shape index (κ2) is 18.4. The zero-order valence-corrected chi connectivity index (χ0v) is 39.9. The van der Waals surface area contributed by atoms with Crippen LogP contribution in [0.25, 0.3) is 44.7 Å². The van der Waals surface area contributed by atoms with Crippen molar-refractivity contribution in [2.45, 2.75) is 83.8 Å². The molecule has 0 bridgehead atoms. The van der Waals surface area contributed by atoms with Crippen LogP contribution < -0.4 is 24.8 Å². The number of aromatic amines is 2. The Morgan fingerprint density at radius 1 is 0.783 bits per heavy atom. The minimum absolute atomic E-state index is 0.162. The molecule has 0 spiro atoms. The number of benzene rings is 2. The highest BCUT2D eigenvalue weighted by Crippen LogP contribution is 2.52. The van der Waals surface area contributed by atoms with E-state index in [4.69, 9.17) is 33.7 Å². The topological polar surface area (TPSA) is 207 Å². The molecule has 5 atom stereocenters. The molecule has 6 aromatic rings. The highest BCUT2D eigenvalue weighted by atomic mass is 32.1. The molecule has 4 aliphatic heterocycles. The van der Waals surface area contributed by atoms with E-state index < -0.39 is 36.3 Å². The van der Waals surface area contributed by atoms with E-state index in [1.54, 1.807) is 28.3 Å². The van der Waals surface area contributed by atoms with Crippen molar-refractivity contribution in [3.63, 3.8) is 0 Å². The summed E-state index contributed by atoms with van der Waals surface area (Å²) in [5.74, 6) is 1.45. The first-order valence-corrected chi connectivity index (χ1v) is 24.1. The molecule has 18 nitrogen and oxygen atoms in total. The maximum Gasteiger partial charge on any atom is 0.407 e. The summed E-state index contributed by atoms with van der Waals surface area (Å²) in [6.07, 6.45) is 4.20. The largest absolute Gasteiger partial charge is 0.485 e. The molecule has 2 aromatic carbocycles. The number of hydrogen-bond donors (Lipinski definition) is 4. The van der Waals surface area contributed by atoms with Gasteiger partial charge in [0.05, 0.1) is 66.9 Å². The predicted molar refractivity (Wildman–Crippen MR) is 252 cm³/mol. The maximum absolute atomic E-state index is 17.0. The highest BCUT2D eigenvalue weighted by Gasteiger charge is 2.40. The number of halogens is 1. The summed E-state index contributed by atoms with van der Waals surface area (Å²) in [6.45, 7) is 9.30. The number of rotatable bonds is 11. The number of thiophene rings is 1. The Bertz CT molecular complexity index is 2960. The number of carbonyl (C=O) groups excluding carboxylic acids is 4. The first-order valence-electron chi connectivity index (χ1n) is 23.3. The van der Waals surface area contributed by atoms with E-state index in [2.05, 4.69) is 20.6 Å². The Labute approximate surface area is 400 Å². The van der Waals surface area contributed by atoms with Crippen molar-refractivity contribution >= 4 is 46.2 Å². The van der Waals surface area contributed by atoms with Gasteiger partial charge in [-0.15, -0.1) is 11.3 Å². The van der Waals surface area contributed by atoms with Gasteiger partial charge in [0.1, 0.15) is 53.4 Å². The number of nitrogens with zero attached hydrogens (tertiary/aromatic N) is 5. The molecule has 69 heavy (non-hydrogen) atoms. The van der Waals surface area contributed by atoms with Crippen LogP contribution in [0.2, 0.25) is 0 Å². The minimum Gasteiger partial charge on any atom is -0.485 e. The third-order valence-corrected chi connectivity index (χ3v) is 14.4. The van der Waals surface area contributed by atoms with E-state index in [1.165, 1.54) is 31.6 Å². The van der Waals surface area contributed by atoms with Crippen LogP contribution in [-0.4, -0.2) is 111 Å². The third kappa shape index (κ3) is 8.27. The van der Waals surface area contributed by atoms with Gasteiger partial charge < -0.3 is 54.1 Å². The molecule has 0 radical (unpaired) electrons. The molecular weight excluding hydrogens is 910 g/mol. The second-order valence-electron chi connectivity index (χ2n) is 18.4. The SMILES string of the molecule is COC(=O)N[C@H](C(=O)N1CCC[C@H]1c1ncc(-c2cc(F)c3c(c2)OC(c2scc4c2OCCO4)n2c-3cc3cc(-c4cnc([C@@H]5CCCN5C(=O)[C@@H](NC(=O)OC)C(C)C)[nH]4)ccc32)[nH]1)C(C)C. The number of nitrogens with one attached hydrogen (secondary N) is 4. The van der Waals surface area contributed by atoms with Crippen molar-refractivity contribution in [3.05, 3.63) is 76.5 Å². The molecule has 4 amide bonds. The van der Waals surface area contributed by atoms with Gasteiger partial charge in [-0.1, -0.05) is 33.8 Å². The number of H-pyrrole nitrogens is 2. The Kier molecular flexibility index (Phi) is 12.2. The van der Waals surface area contributed by atoms with Crippen LogP contribution >= 0.6 is 11.3 Å². The van der Waals surface area contributed by atoms with Gasteiger partial charge in [-0.3, -0.25) is 14.2 Å². The number of aromatic nitrogens is 5. The average molecular weight is 964 g/mol. The molecule has 1 unspecified atom stereocenters. The van der Waals surface area contributed by atoms with Crippen LogP contribution in [0.3, 0.4) is 0 Å². The van der Waals surface area contributed by atoms with Gasteiger partial charge in [-0.25, -0.2) is 23.9 Å². The molecule has 4 N–H and O–H groups in total. The van der Waals surface area contributed by atoms with E-state index in [0.717, 1.165) is 39.9 Å². The van der Waals surface area contributed by atoms with E-state index in [1.807, 2.05) is 61.9 Å². The first-order chi connectivity index (χ1) is 33.3. The smallest absolute Gasteiger partial charge is 0.407 e. The first kappa shape index (κ1) is 45.7. The zero-order valence-electron chi connectivity index (χ0n) is 39.1. The molecular formula is C49H54FN9O9S. The van der Waals surface area contributed by atoms with Gasteiger partial charge >= 0.3 is 12.2 Å². The van der Waals surface area contributed by atoms with Gasteiger partial charge in [0.2, 0.25) is 18.0 Å². The van der Waals surface area contributed by atoms with Crippen molar-refractivity contribution in [2.75, 3.05) is 40.5 Å². The van der Waals surface area contributed by atoms with Crippen LogP contribution in [0.1, 0.15) is 88.2 Å². The van der Waals surface area contributed by atoms with Crippen LogP contribution in [-0.2, 0) is 19.1 Å². The fraction of sp³-hybridized carbons (Fsp3) is 0.429. The normalized spacial score (nSPS) is 19.3. The van der Waals surface area contributed by atoms with E-state index in [0.29, 0.717) is 85.0 Å². The van der Waals surface area contributed by atoms with Crippen molar-refractivity contribution in [3.8, 4) is 51.0 Å². The molecule has 10 rings (SSSR count). The lowest BCUT2D eigenvalue weighted by molar-refractivity contribution is -0.136. The quantitative estimate of drug-likeness (QED) is 0.0976. The van der Waals surface area contributed by atoms with Crippen molar-refractivity contribution in [1.82, 2.24) is 44.9 Å². The van der Waals surface area contributed by atoms with E-state index in [-0.39, 0.29) is 41.3 Å². The molecule has 362 valence electrons. The molecule has 20 heteroatoms. The monoisotopic (exact) mass is 963 g/mol. The second-order valence-corrected chi connectivity index (χ2v) is 19.3. The fourth-order valence-electron chi connectivity index (χ4n) is 10.0. The number of alkyl carbamates (subject to hydrolysis) is 2. The van der Waals surface area contributed by atoms with Gasteiger partial charge in [-0.05, 0) is 67.9 Å². The van der Waals surface area contributed by atoms with Crippen molar-refractivity contribution in [2.24, 2.45) is 11.8 Å². The standard InChI is InChI=1S/C49H54FN9O9S/c1-24(2)39(55-48(62)64-5)45(60)57-13-7-9-33(57)43-51-21-30(53-43)26-11-12-32-28(17-26)19-35-38-29(50)18-27(20-36(38)68-47(59(32)35)42-41-37(23-69-42)66-15-16-67-41)31-22-52-44(54-31)34-10-8-14-58(34)46(61)40(25(3)4)56-49(63)65-6/h11-12,17-25,33-34,39-40,47H,7-10,13-16H2,1-6H3,(H,51,53)(H,52,54)(H,55,62)(H,56,63)/t33-,34-,39-,40-,47?/m0/s1. The van der Waals surface area contributed by atoms with Gasteiger partial charge in [-0.2, -0.15) is 0 Å². The number of carbonyl (C=O) groups is 4. The molecule has 0 aliphatic carbocycles. The summed E-state index contributed by atoms with van der Waals surface area (Å²) in [5.41, 5.74) is 4.32. The Hall–Kier alpha value is -7.09. The van der Waals surface area contributed by atoms with Crippen molar-refractivity contribution < 1.29 is 47.3 Å². The Morgan fingerprint density at radius 2 is 1.38 bits per heavy atom. The van der Waals surface area contributed by atoms with E-state index >= 15 is 4.39 Å². The zero-order chi connectivity index (χ0) is 48.2. The molecule has 2 fully saturated rings. The number of methoxy groups -OCH3 is 2. The van der Waals surface area contributed by atoms with Crippen LogP contribution in [0.15, 0.2) is 54.2 Å². The molecule has 4 aromatic heterocycles. The summed E-state index contributed by atoms with van der Waals surface area (Å²) in [7, 11) is 2.53. The summed E-state index contributed by atoms with van der Waals surface area (Å²) in [4.78, 5) is 72.5. The average Bonchev–Trinajstić information content (AvgIpc) is 4.21. The minimum atomic E-state index is -0.784. The molecule has 4 aliphatic rings. The summed E-state index contributed by atoms with van der Waals surface area (Å²) in [6, 6.07) is 8.98. The van der Waals surface area contributed by atoms with Crippen LogP contribution in [0.5, 0.6) is 17.2 Å². The lowest BCUT2D eigenvalue weighted by atomic mass is 10.0. The number of imidazole rings is 2. The third-order valence-electron chi connectivity index (χ3n) is 13.5. The lowest BCUT2D eigenvalue weighted by Gasteiger charge is -2.31. The van der Waals surface area contributed by atoms with Gasteiger partial charge in [0, 0.05) is 35.0 Å². The van der Waals surface area contributed by atoms with Crippen molar-refractivity contribution in [1.29, 1.82) is 0 Å². The Balaban J connectivity index is 0.977. The van der Waals surface area contributed by atoms with Crippen LogP contribution in [0, 0.1) is 17.7 Å². The van der Waals surface area contributed by atoms with Gasteiger partial charge in [0.25, 0.3) is 0 Å². The summed E-state index contributed by atoms with van der Waals surface area (Å²) in [5, 5.41) is 8.10. The number of amides is 4. The van der Waals surface area contributed by atoms with Crippen LogP contribution in [0.4, 0.5) is 14.0 Å². The van der Waals surface area contributed by atoms with Gasteiger partial charge in [0.15, 0.2) is 11.5 Å². The number of hydrogen-bond acceptors (Lipinski definition) is 12. The highest BCUT2D eigenvalue weighted by molar-refractivity contribution is 7.10. The molecule has 0 saturated carbocycles.